The molecule has 0 heterocycles. The highest BCUT2D eigenvalue weighted by Crippen LogP contribution is 2.28. The van der Waals surface area contributed by atoms with Crippen molar-refractivity contribution in [2.24, 2.45) is 0 Å². The van der Waals surface area contributed by atoms with Crippen molar-refractivity contribution >= 4 is 17.5 Å². The van der Waals surface area contributed by atoms with Gasteiger partial charge in [-0.05, 0) is 35.2 Å². The molecule has 0 aliphatic carbocycles. The SMILES string of the molecule is CC(C)(C)c1ccc(C(=O)/C=C(\O)c2ccc(C(=O)O)cc2)c(O)c1. The summed E-state index contributed by atoms with van der Waals surface area (Å²) in [5, 5.41) is 29.0. The van der Waals surface area contributed by atoms with Gasteiger partial charge in [0, 0.05) is 11.6 Å². The second kappa shape index (κ2) is 6.81. The first-order valence-electron chi connectivity index (χ1n) is 7.72. The minimum absolute atomic E-state index is 0.0818. The number of allylic oxidation sites excluding steroid dienone is 1. The summed E-state index contributed by atoms with van der Waals surface area (Å²) in [6, 6.07) is 10.3. The standard InChI is InChI=1S/C20H20O5/c1-20(2,3)14-8-9-15(17(22)10-14)18(23)11-16(21)12-4-6-13(7-5-12)19(24)25/h4-11,21-22H,1-3H3,(H,24,25)/b16-11-. The van der Waals surface area contributed by atoms with E-state index in [2.05, 4.69) is 0 Å². The third-order valence-electron chi connectivity index (χ3n) is 3.82. The van der Waals surface area contributed by atoms with E-state index in [1.165, 1.54) is 30.3 Å². The maximum Gasteiger partial charge on any atom is 0.335 e. The number of phenols is 1. The Balaban J connectivity index is 2.28. The van der Waals surface area contributed by atoms with E-state index in [0.717, 1.165) is 11.6 Å². The number of carboxylic acids is 1. The first-order valence-corrected chi connectivity index (χ1v) is 7.72. The predicted octanol–water partition coefficient (Wildman–Crippen LogP) is 4.17. The van der Waals surface area contributed by atoms with Gasteiger partial charge in [0.05, 0.1) is 11.1 Å². The van der Waals surface area contributed by atoms with Crippen LogP contribution in [0, 0.1) is 0 Å². The molecule has 25 heavy (non-hydrogen) atoms. The minimum Gasteiger partial charge on any atom is -0.507 e. The molecule has 0 saturated heterocycles. The molecule has 2 rings (SSSR count). The number of phenolic OH excluding ortho intramolecular Hbond substituents is 1. The van der Waals surface area contributed by atoms with Crippen molar-refractivity contribution in [3.63, 3.8) is 0 Å². The van der Waals surface area contributed by atoms with Gasteiger partial charge in [-0.2, -0.15) is 0 Å². The van der Waals surface area contributed by atoms with Crippen LogP contribution in [0.2, 0.25) is 0 Å². The number of hydrogen-bond acceptors (Lipinski definition) is 4. The van der Waals surface area contributed by atoms with E-state index in [1.54, 1.807) is 12.1 Å². The van der Waals surface area contributed by atoms with Gasteiger partial charge >= 0.3 is 5.97 Å². The number of aliphatic hydroxyl groups is 1. The summed E-state index contributed by atoms with van der Waals surface area (Å²) in [7, 11) is 0. The van der Waals surface area contributed by atoms with Crippen LogP contribution in [0.15, 0.2) is 48.5 Å². The maximum absolute atomic E-state index is 12.3. The normalized spacial score (nSPS) is 12.0. The fourth-order valence-corrected chi connectivity index (χ4v) is 2.28. The first kappa shape index (κ1) is 18.3. The van der Waals surface area contributed by atoms with Gasteiger partial charge in [0.2, 0.25) is 0 Å². The number of carbonyl (C=O) groups excluding carboxylic acids is 1. The predicted molar refractivity (Wildman–Crippen MR) is 95.1 cm³/mol. The van der Waals surface area contributed by atoms with E-state index in [9.17, 15) is 19.8 Å². The van der Waals surface area contributed by atoms with Crippen molar-refractivity contribution < 1.29 is 24.9 Å². The Morgan fingerprint density at radius 1 is 0.920 bits per heavy atom. The molecule has 0 fully saturated rings. The van der Waals surface area contributed by atoms with E-state index in [4.69, 9.17) is 5.11 Å². The maximum atomic E-state index is 12.3. The smallest absolute Gasteiger partial charge is 0.335 e. The van der Waals surface area contributed by atoms with Crippen LogP contribution in [-0.2, 0) is 5.41 Å². The molecule has 5 nitrogen and oxygen atoms in total. The lowest BCUT2D eigenvalue weighted by molar-refractivity contribution is 0.0696. The monoisotopic (exact) mass is 340 g/mol. The molecule has 0 unspecified atom stereocenters. The lowest BCUT2D eigenvalue weighted by Crippen LogP contribution is -2.11. The number of aromatic hydroxyl groups is 1. The van der Waals surface area contributed by atoms with Crippen LogP contribution in [0.5, 0.6) is 5.75 Å². The number of hydrogen-bond donors (Lipinski definition) is 3. The molecular weight excluding hydrogens is 320 g/mol. The first-order chi connectivity index (χ1) is 11.6. The van der Waals surface area contributed by atoms with E-state index < -0.39 is 11.8 Å². The van der Waals surface area contributed by atoms with Crippen molar-refractivity contribution in [3.05, 3.63) is 70.8 Å². The molecule has 3 N–H and O–H groups in total. The Kier molecular flexibility index (Phi) is 4.97. The second-order valence-electron chi connectivity index (χ2n) is 6.76. The Morgan fingerprint density at radius 3 is 1.96 bits per heavy atom. The zero-order valence-electron chi connectivity index (χ0n) is 14.3. The Labute approximate surface area is 145 Å². The van der Waals surface area contributed by atoms with Gasteiger partial charge in [-0.3, -0.25) is 4.79 Å². The molecule has 0 aliphatic heterocycles. The lowest BCUT2D eigenvalue weighted by atomic mass is 9.86. The molecule has 2 aromatic rings. The molecule has 0 spiro atoms. The quantitative estimate of drug-likeness (QED) is 0.441. The fourth-order valence-electron chi connectivity index (χ4n) is 2.28. The highest BCUT2D eigenvalue weighted by atomic mass is 16.4. The summed E-state index contributed by atoms with van der Waals surface area (Å²) < 4.78 is 0. The van der Waals surface area contributed by atoms with Crippen LogP contribution in [0.3, 0.4) is 0 Å². The molecular formula is C20H20O5. The van der Waals surface area contributed by atoms with Gasteiger partial charge in [-0.1, -0.05) is 39.0 Å². The number of benzene rings is 2. The number of rotatable bonds is 4. The van der Waals surface area contributed by atoms with E-state index in [1.807, 2.05) is 20.8 Å². The average molecular weight is 340 g/mol. The van der Waals surface area contributed by atoms with Crippen LogP contribution >= 0.6 is 0 Å². The molecule has 2 aromatic carbocycles. The van der Waals surface area contributed by atoms with Gasteiger partial charge < -0.3 is 15.3 Å². The minimum atomic E-state index is -1.07. The highest BCUT2D eigenvalue weighted by molar-refractivity contribution is 6.09. The largest absolute Gasteiger partial charge is 0.507 e. The Bertz CT molecular complexity index is 839. The van der Waals surface area contributed by atoms with Crippen LogP contribution < -0.4 is 0 Å². The molecule has 0 atom stereocenters. The molecule has 0 aromatic heterocycles. The molecule has 0 aliphatic rings. The van der Waals surface area contributed by atoms with E-state index in [-0.39, 0.29) is 28.1 Å². The molecule has 0 amide bonds. The van der Waals surface area contributed by atoms with Gasteiger partial charge in [0.15, 0.2) is 5.78 Å². The Hall–Kier alpha value is -3.08. The topological polar surface area (TPSA) is 94.8 Å². The highest BCUT2D eigenvalue weighted by Gasteiger charge is 2.17. The lowest BCUT2D eigenvalue weighted by Gasteiger charge is -2.19. The number of aromatic carboxylic acids is 1. The number of aliphatic hydroxyl groups excluding tert-OH is 1. The van der Waals surface area contributed by atoms with E-state index in [0.29, 0.717) is 5.56 Å². The molecule has 0 radical (unpaired) electrons. The van der Waals surface area contributed by atoms with Crippen molar-refractivity contribution in [3.8, 4) is 5.75 Å². The van der Waals surface area contributed by atoms with Gasteiger partial charge in [-0.25, -0.2) is 4.79 Å². The van der Waals surface area contributed by atoms with Crippen LogP contribution in [0.1, 0.15) is 52.6 Å². The van der Waals surface area contributed by atoms with Crippen molar-refractivity contribution in [2.45, 2.75) is 26.2 Å². The van der Waals surface area contributed by atoms with Crippen molar-refractivity contribution in [1.29, 1.82) is 0 Å². The van der Waals surface area contributed by atoms with Crippen molar-refractivity contribution in [1.82, 2.24) is 0 Å². The summed E-state index contributed by atoms with van der Waals surface area (Å²) in [5.74, 6) is -2.07. The van der Waals surface area contributed by atoms with Crippen LogP contribution in [-0.4, -0.2) is 27.1 Å². The third kappa shape index (κ3) is 4.26. The Morgan fingerprint density at radius 2 is 1.48 bits per heavy atom. The van der Waals surface area contributed by atoms with Crippen LogP contribution in [0.4, 0.5) is 0 Å². The van der Waals surface area contributed by atoms with E-state index >= 15 is 0 Å². The molecule has 5 heteroatoms. The summed E-state index contributed by atoms with van der Waals surface area (Å²) in [6.07, 6.45) is 1.00. The van der Waals surface area contributed by atoms with Gasteiger partial charge in [0.25, 0.3) is 0 Å². The molecule has 0 bridgehead atoms. The molecule has 0 saturated carbocycles. The van der Waals surface area contributed by atoms with Gasteiger partial charge in [0.1, 0.15) is 11.5 Å². The number of ketones is 1. The second-order valence-corrected chi connectivity index (χ2v) is 6.76. The summed E-state index contributed by atoms with van der Waals surface area (Å²) in [6.45, 7) is 5.99. The fraction of sp³-hybridized carbons (Fsp3) is 0.200. The number of carboxylic acid groups (broad SMARTS) is 1. The average Bonchev–Trinajstić information content (AvgIpc) is 2.53. The summed E-state index contributed by atoms with van der Waals surface area (Å²) >= 11 is 0. The zero-order chi connectivity index (χ0) is 18.8. The van der Waals surface area contributed by atoms with Crippen molar-refractivity contribution in [2.75, 3.05) is 0 Å². The third-order valence-corrected chi connectivity index (χ3v) is 3.82. The van der Waals surface area contributed by atoms with Gasteiger partial charge in [-0.15, -0.1) is 0 Å². The molecule has 130 valence electrons. The van der Waals surface area contributed by atoms with Crippen LogP contribution in [0.25, 0.3) is 5.76 Å². The zero-order valence-corrected chi connectivity index (χ0v) is 14.3. The number of carbonyl (C=O) groups is 2. The summed E-state index contributed by atoms with van der Waals surface area (Å²) in [5.41, 5.74) is 1.20. The summed E-state index contributed by atoms with van der Waals surface area (Å²) in [4.78, 5) is 23.1.